The first-order chi connectivity index (χ1) is 12.7. The Labute approximate surface area is 173 Å². The monoisotopic (exact) mass is 424 g/mol. The molecule has 0 unspecified atom stereocenters. The predicted octanol–water partition coefficient (Wildman–Crippen LogP) is 6.06. The van der Waals surface area contributed by atoms with Gasteiger partial charge in [0.15, 0.2) is 0 Å². The van der Waals surface area contributed by atoms with E-state index in [1.54, 1.807) is 44.7 Å². The minimum atomic E-state index is -0.547. The third-order valence-electron chi connectivity index (χ3n) is 3.32. The first-order valence-electron chi connectivity index (χ1n) is 8.23. The second-order valence-corrected chi connectivity index (χ2v) is 9.94. The van der Waals surface area contributed by atoms with Crippen molar-refractivity contribution in [2.24, 2.45) is 5.41 Å². The Morgan fingerprint density at radius 1 is 1.07 bits per heavy atom. The predicted molar refractivity (Wildman–Crippen MR) is 114 cm³/mol. The number of ether oxygens (including phenoxy) is 2. The van der Waals surface area contributed by atoms with E-state index in [0.717, 1.165) is 19.7 Å². The number of carbonyl (C=O) groups excluding carboxylic acids is 1. The molecule has 0 aliphatic heterocycles. The van der Waals surface area contributed by atoms with E-state index < -0.39 is 5.41 Å². The van der Waals surface area contributed by atoms with Gasteiger partial charge in [-0.3, -0.25) is 4.79 Å². The first kappa shape index (κ1) is 21.7. The molecule has 3 nitrogen and oxygen atoms in total. The molecule has 0 aliphatic rings. The van der Waals surface area contributed by atoms with Gasteiger partial charge in [0, 0.05) is 10.6 Å². The van der Waals surface area contributed by atoms with Gasteiger partial charge in [0.1, 0.15) is 15.1 Å². The van der Waals surface area contributed by atoms with Crippen LogP contribution in [0.1, 0.15) is 26.3 Å². The molecular formula is C20H21FO3S3. The highest BCUT2D eigenvalue weighted by atomic mass is 32.2. The maximum Gasteiger partial charge on any atom is 0.314 e. The van der Waals surface area contributed by atoms with E-state index in [9.17, 15) is 9.18 Å². The molecule has 144 valence electrons. The number of thioether (sulfide) groups is 2. The number of hydrogen-bond acceptors (Lipinski definition) is 6. The zero-order valence-electron chi connectivity index (χ0n) is 15.4. The topological polar surface area (TPSA) is 35.5 Å². The quantitative estimate of drug-likeness (QED) is 0.243. The Balaban J connectivity index is 1.74. The van der Waals surface area contributed by atoms with Crippen molar-refractivity contribution in [3.05, 3.63) is 59.9 Å². The maximum atomic E-state index is 12.9. The molecule has 0 heterocycles. The molecule has 0 aromatic heterocycles. The molecule has 0 amide bonds. The summed E-state index contributed by atoms with van der Waals surface area (Å²) in [5, 5.41) is 0. The summed E-state index contributed by atoms with van der Waals surface area (Å²) in [7, 11) is 0. The molecule has 0 fully saturated rings. The fraction of sp³-hybridized carbons (Fsp3) is 0.300. The van der Waals surface area contributed by atoms with E-state index >= 15 is 0 Å². The fourth-order valence-electron chi connectivity index (χ4n) is 1.82. The van der Waals surface area contributed by atoms with Crippen molar-refractivity contribution in [1.82, 2.24) is 0 Å². The summed E-state index contributed by atoms with van der Waals surface area (Å²) in [6, 6.07) is 13.8. The van der Waals surface area contributed by atoms with Crippen LogP contribution >= 0.6 is 35.7 Å². The molecule has 0 aliphatic carbocycles. The summed E-state index contributed by atoms with van der Waals surface area (Å²) in [6.07, 6.45) is 0. The number of thiocarbonyl (C=S) groups is 1. The van der Waals surface area contributed by atoms with Gasteiger partial charge in [0.05, 0.1) is 5.41 Å². The molecule has 7 heteroatoms. The van der Waals surface area contributed by atoms with Crippen LogP contribution in [-0.4, -0.2) is 16.3 Å². The lowest BCUT2D eigenvalue weighted by atomic mass is 9.98. The number of benzene rings is 2. The van der Waals surface area contributed by atoms with Gasteiger partial charge < -0.3 is 9.47 Å². The van der Waals surface area contributed by atoms with Crippen molar-refractivity contribution in [1.29, 1.82) is 0 Å². The molecule has 27 heavy (non-hydrogen) atoms. The van der Waals surface area contributed by atoms with Gasteiger partial charge in [-0.05, 0) is 62.7 Å². The fourth-order valence-corrected chi connectivity index (χ4v) is 3.93. The van der Waals surface area contributed by atoms with E-state index in [0.29, 0.717) is 5.75 Å². The summed E-state index contributed by atoms with van der Waals surface area (Å²) in [6.45, 7) is 5.27. The highest BCUT2D eigenvalue weighted by Crippen LogP contribution is 2.28. The Kier molecular flexibility index (Phi) is 8.13. The number of rotatable bonds is 6. The molecule has 0 spiro atoms. The number of carbonyl (C=O) groups is 1. The summed E-state index contributed by atoms with van der Waals surface area (Å²) >= 11 is 8.36. The number of hydrogen-bond donors (Lipinski definition) is 0. The molecule has 2 aromatic carbocycles. The van der Waals surface area contributed by atoms with Crippen LogP contribution in [0.25, 0.3) is 0 Å². The minimum absolute atomic E-state index is 0.109. The minimum Gasteiger partial charge on any atom is -0.457 e. The maximum absolute atomic E-state index is 12.9. The average molecular weight is 425 g/mol. The van der Waals surface area contributed by atoms with Gasteiger partial charge >= 0.3 is 5.97 Å². The number of halogens is 1. The molecular weight excluding hydrogens is 403 g/mol. The Morgan fingerprint density at radius 3 is 2.30 bits per heavy atom. The van der Waals surface area contributed by atoms with Crippen molar-refractivity contribution in [2.45, 2.75) is 31.4 Å². The Bertz CT molecular complexity index is 769. The van der Waals surface area contributed by atoms with Crippen LogP contribution in [-0.2, 0) is 15.3 Å². The standard InChI is InChI=1S/C20H21FO3S3/c1-20(2,3)18(22)24-13-23-16-8-4-14(5-9-16)12-26-19(25)27-17-10-6-15(21)7-11-17/h4-11H,12-13H2,1-3H3. The SMILES string of the molecule is CC(C)(C)C(=O)OCOc1ccc(CSC(=S)Sc2ccc(F)cc2)cc1. The van der Waals surface area contributed by atoms with Gasteiger partial charge in [-0.25, -0.2) is 4.39 Å². The highest BCUT2D eigenvalue weighted by molar-refractivity contribution is 8.46. The molecule has 2 aromatic rings. The van der Waals surface area contributed by atoms with Crippen LogP contribution in [0.15, 0.2) is 53.4 Å². The molecule has 0 radical (unpaired) electrons. The first-order valence-corrected chi connectivity index (χ1v) is 10.4. The van der Waals surface area contributed by atoms with E-state index in [-0.39, 0.29) is 18.6 Å². The summed E-state index contributed by atoms with van der Waals surface area (Å²) in [5.41, 5.74) is 0.551. The van der Waals surface area contributed by atoms with Crippen LogP contribution in [0.4, 0.5) is 4.39 Å². The van der Waals surface area contributed by atoms with Gasteiger partial charge in [0.2, 0.25) is 6.79 Å². The zero-order valence-corrected chi connectivity index (χ0v) is 17.8. The van der Waals surface area contributed by atoms with Crippen molar-refractivity contribution >= 4 is 45.2 Å². The van der Waals surface area contributed by atoms with Gasteiger partial charge in [-0.2, -0.15) is 0 Å². The Hall–Kier alpha value is -1.57. The Morgan fingerprint density at radius 2 is 1.70 bits per heavy atom. The number of esters is 1. The molecule has 2 rings (SSSR count). The van der Waals surface area contributed by atoms with E-state index in [1.807, 2.05) is 24.3 Å². The molecule has 0 saturated heterocycles. The third kappa shape index (κ3) is 7.91. The lowest BCUT2D eigenvalue weighted by molar-refractivity contribution is -0.159. The average Bonchev–Trinajstić information content (AvgIpc) is 2.62. The summed E-state index contributed by atoms with van der Waals surface area (Å²) in [5.74, 6) is 0.802. The van der Waals surface area contributed by atoms with E-state index in [1.165, 1.54) is 23.9 Å². The molecule has 0 N–H and O–H groups in total. The van der Waals surface area contributed by atoms with Crippen LogP contribution in [0.3, 0.4) is 0 Å². The second kappa shape index (κ2) is 10.1. The summed E-state index contributed by atoms with van der Waals surface area (Å²) < 4.78 is 24.2. The molecule has 0 saturated carbocycles. The van der Waals surface area contributed by atoms with Crippen LogP contribution in [0.2, 0.25) is 0 Å². The van der Waals surface area contributed by atoms with Gasteiger partial charge in [-0.15, -0.1) is 11.8 Å². The van der Waals surface area contributed by atoms with Crippen molar-refractivity contribution in [3.8, 4) is 5.75 Å². The van der Waals surface area contributed by atoms with Gasteiger partial charge in [-0.1, -0.05) is 36.1 Å². The van der Waals surface area contributed by atoms with E-state index in [2.05, 4.69) is 0 Å². The van der Waals surface area contributed by atoms with Crippen molar-refractivity contribution < 1.29 is 18.7 Å². The van der Waals surface area contributed by atoms with Crippen molar-refractivity contribution in [3.63, 3.8) is 0 Å². The second-order valence-electron chi connectivity index (χ2n) is 6.68. The third-order valence-corrected chi connectivity index (χ3v) is 5.92. The normalized spacial score (nSPS) is 11.1. The van der Waals surface area contributed by atoms with E-state index in [4.69, 9.17) is 21.7 Å². The van der Waals surface area contributed by atoms with Gasteiger partial charge in [0.25, 0.3) is 0 Å². The largest absolute Gasteiger partial charge is 0.457 e. The highest BCUT2D eigenvalue weighted by Gasteiger charge is 2.22. The molecule has 0 bridgehead atoms. The van der Waals surface area contributed by atoms with Crippen molar-refractivity contribution in [2.75, 3.05) is 6.79 Å². The van der Waals surface area contributed by atoms with Crippen LogP contribution in [0, 0.1) is 11.2 Å². The zero-order chi connectivity index (χ0) is 19.9. The van der Waals surface area contributed by atoms with Crippen LogP contribution in [0.5, 0.6) is 5.75 Å². The lowest BCUT2D eigenvalue weighted by Gasteiger charge is -2.16. The summed E-state index contributed by atoms with van der Waals surface area (Å²) in [4.78, 5) is 12.6. The smallest absolute Gasteiger partial charge is 0.314 e. The molecule has 0 atom stereocenters. The lowest BCUT2D eigenvalue weighted by Crippen LogP contribution is -2.24. The van der Waals surface area contributed by atoms with Crippen LogP contribution < -0.4 is 4.74 Å².